The van der Waals surface area contributed by atoms with Gasteiger partial charge in [0, 0.05) is 45.3 Å². The van der Waals surface area contributed by atoms with Crippen LogP contribution >= 0.6 is 11.6 Å². The number of anilines is 2. The third-order valence-corrected chi connectivity index (χ3v) is 8.32. The Morgan fingerprint density at radius 1 is 0.929 bits per heavy atom. The highest BCUT2D eigenvalue weighted by Crippen LogP contribution is 2.33. The molecule has 2 amide bonds. The molecule has 2 fully saturated rings. The van der Waals surface area contributed by atoms with Gasteiger partial charge >= 0.3 is 5.69 Å². The summed E-state index contributed by atoms with van der Waals surface area (Å²) in [5.41, 5.74) is 1.12. The monoisotopic (exact) mass is 591 g/mol. The van der Waals surface area contributed by atoms with Crippen molar-refractivity contribution in [3.8, 4) is 5.75 Å². The van der Waals surface area contributed by atoms with E-state index < -0.39 is 17.3 Å². The van der Waals surface area contributed by atoms with Crippen LogP contribution in [0.2, 0.25) is 5.02 Å². The Labute approximate surface area is 245 Å². The Bertz CT molecular complexity index is 1820. The van der Waals surface area contributed by atoms with Crippen molar-refractivity contribution in [3.05, 3.63) is 80.0 Å². The highest BCUT2D eigenvalue weighted by molar-refractivity contribution is 6.30. The quantitative estimate of drug-likeness (QED) is 0.311. The minimum Gasteiger partial charge on any atom is -0.495 e. The highest BCUT2D eigenvalue weighted by Gasteiger charge is 2.44. The first-order valence-electron chi connectivity index (χ1n) is 13.6. The fourth-order valence-corrected chi connectivity index (χ4v) is 5.93. The number of nitrogens with zero attached hydrogens (tertiary/aromatic N) is 7. The maximum atomic E-state index is 13.5. The van der Waals surface area contributed by atoms with E-state index >= 15 is 0 Å². The maximum Gasteiger partial charge on any atom is 0.332 e. The number of ether oxygens (including phenoxy) is 1. The number of halogens is 1. The van der Waals surface area contributed by atoms with Crippen LogP contribution in [-0.2, 0) is 30.2 Å². The first-order chi connectivity index (χ1) is 20.2. The summed E-state index contributed by atoms with van der Waals surface area (Å²) in [6, 6.07) is 13.8. The van der Waals surface area contributed by atoms with Gasteiger partial charge in [-0.2, -0.15) is 4.98 Å². The van der Waals surface area contributed by atoms with E-state index in [0.717, 1.165) is 10.1 Å². The lowest BCUT2D eigenvalue weighted by atomic mass is 10.1. The van der Waals surface area contributed by atoms with Crippen LogP contribution in [0.25, 0.3) is 11.2 Å². The van der Waals surface area contributed by atoms with E-state index in [1.807, 2.05) is 21.6 Å². The third-order valence-electron chi connectivity index (χ3n) is 8.07. The molecule has 218 valence electrons. The minimum absolute atomic E-state index is 0.0874. The summed E-state index contributed by atoms with van der Waals surface area (Å²) in [6.45, 7) is 2.37. The molecule has 2 aliphatic heterocycles. The summed E-state index contributed by atoms with van der Waals surface area (Å²) >= 11 is 6.09. The summed E-state index contributed by atoms with van der Waals surface area (Å²) in [5.74, 6) is 0.483. The number of hydrogen-bond acceptors (Lipinski definition) is 8. The Morgan fingerprint density at radius 2 is 1.62 bits per heavy atom. The molecule has 2 aromatic heterocycles. The highest BCUT2D eigenvalue weighted by atomic mass is 35.5. The summed E-state index contributed by atoms with van der Waals surface area (Å²) in [5, 5.41) is 0.605. The van der Waals surface area contributed by atoms with E-state index in [0.29, 0.717) is 66.3 Å². The van der Waals surface area contributed by atoms with Crippen LogP contribution in [0.3, 0.4) is 0 Å². The number of hydrogen-bond donors (Lipinski definition) is 0. The van der Waals surface area contributed by atoms with E-state index in [-0.39, 0.29) is 18.2 Å². The van der Waals surface area contributed by atoms with E-state index in [9.17, 15) is 19.2 Å². The van der Waals surface area contributed by atoms with Crippen LogP contribution in [0.5, 0.6) is 5.75 Å². The topological polar surface area (TPSA) is 115 Å². The summed E-state index contributed by atoms with van der Waals surface area (Å²) < 4.78 is 9.69. The van der Waals surface area contributed by atoms with Gasteiger partial charge in [0.25, 0.3) is 11.5 Å². The molecular formula is C29H30ClN7O5. The van der Waals surface area contributed by atoms with Crippen LogP contribution in [0.15, 0.2) is 58.1 Å². The predicted molar refractivity (Wildman–Crippen MR) is 158 cm³/mol. The fraction of sp³-hybridized carbons (Fsp3) is 0.345. The lowest BCUT2D eigenvalue weighted by molar-refractivity contribution is -0.123. The molecule has 6 rings (SSSR count). The van der Waals surface area contributed by atoms with Gasteiger partial charge < -0.3 is 9.64 Å². The SMILES string of the molecule is COc1ccccc1N1C(=O)CC(N2CCN(c3nc4c(c(=O)n(C)c(=O)n4C)n3Cc3ccc(Cl)cc3)CC2)C1=O. The van der Waals surface area contributed by atoms with Crippen molar-refractivity contribution in [2.75, 3.05) is 43.1 Å². The third kappa shape index (κ3) is 4.56. The Hall–Kier alpha value is -4.42. The van der Waals surface area contributed by atoms with E-state index in [1.165, 1.54) is 23.6 Å². The predicted octanol–water partition coefficient (Wildman–Crippen LogP) is 1.60. The normalized spacial score (nSPS) is 18.0. The van der Waals surface area contributed by atoms with Crippen LogP contribution in [-0.4, -0.2) is 74.7 Å². The smallest absolute Gasteiger partial charge is 0.332 e. The van der Waals surface area contributed by atoms with Crippen LogP contribution in [0.1, 0.15) is 12.0 Å². The van der Waals surface area contributed by atoms with Crippen molar-refractivity contribution in [2.24, 2.45) is 14.1 Å². The Kier molecular flexibility index (Phi) is 7.11. The average Bonchev–Trinajstić information content (AvgIpc) is 3.52. The molecule has 2 aromatic carbocycles. The minimum atomic E-state index is -0.578. The van der Waals surface area contributed by atoms with Crippen LogP contribution in [0, 0.1) is 0 Å². The lowest BCUT2D eigenvalue weighted by Crippen LogP contribution is -2.53. The summed E-state index contributed by atoms with van der Waals surface area (Å²) in [7, 11) is 4.56. The second-order valence-corrected chi connectivity index (χ2v) is 10.9. The molecular weight excluding hydrogens is 562 g/mol. The lowest BCUT2D eigenvalue weighted by Gasteiger charge is -2.37. The van der Waals surface area contributed by atoms with Crippen molar-refractivity contribution in [1.29, 1.82) is 0 Å². The molecule has 13 heteroatoms. The molecule has 1 atom stereocenters. The molecule has 0 bridgehead atoms. The molecule has 0 spiro atoms. The number of carbonyl (C=O) groups excluding carboxylic acids is 2. The second kappa shape index (κ2) is 10.8. The molecule has 0 aliphatic carbocycles. The van der Waals surface area contributed by atoms with Gasteiger partial charge in [0.1, 0.15) is 5.75 Å². The number of aryl methyl sites for hydroxylation is 1. The average molecular weight is 592 g/mol. The number of methoxy groups -OCH3 is 1. The van der Waals surface area contributed by atoms with E-state index in [2.05, 4.69) is 4.90 Å². The fourth-order valence-electron chi connectivity index (χ4n) is 5.80. The van der Waals surface area contributed by atoms with Crippen molar-refractivity contribution < 1.29 is 14.3 Å². The van der Waals surface area contributed by atoms with Crippen LogP contribution < -0.4 is 25.8 Å². The molecule has 42 heavy (non-hydrogen) atoms. The first kappa shape index (κ1) is 27.7. The Morgan fingerprint density at radius 3 is 2.31 bits per heavy atom. The molecule has 0 N–H and O–H groups in total. The number of amides is 2. The van der Waals surface area contributed by atoms with Gasteiger partial charge in [-0.25, -0.2) is 9.69 Å². The van der Waals surface area contributed by atoms with Crippen molar-refractivity contribution in [1.82, 2.24) is 23.6 Å². The second-order valence-electron chi connectivity index (χ2n) is 10.5. The van der Waals surface area contributed by atoms with E-state index in [4.69, 9.17) is 21.3 Å². The number of carbonyl (C=O) groups is 2. The van der Waals surface area contributed by atoms with Crippen LogP contribution in [0.4, 0.5) is 11.6 Å². The first-order valence-corrected chi connectivity index (χ1v) is 14.0. The number of fused-ring (bicyclic) bond motifs is 1. The number of rotatable bonds is 6. The van der Waals surface area contributed by atoms with Gasteiger partial charge in [0.15, 0.2) is 11.2 Å². The maximum absolute atomic E-state index is 13.5. The largest absolute Gasteiger partial charge is 0.495 e. The molecule has 0 saturated carbocycles. The van der Waals surface area contributed by atoms with Crippen molar-refractivity contribution >= 4 is 46.2 Å². The molecule has 12 nitrogen and oxygen atoms in total. The van der Waals surface area contributed by atoms with Gasteiger partial charge in [0.05, 0.1) is 31.8 Å². The number of imide groups is 1. The molecule has 1 unspecified atom stereocenters. The number of imidazole rings is 1. The number of benzene rings is 2. The Balaban J connectivity index is 1.29. The molecule has 2 saturated heterocycles. The summed E-state index contributed by atoms with van der Waals surface area (Å²) in [6.07, 6.45) is 0.0874. The van der Waals surface area contributed by atoms with E-state index in [1.54, 1.807) is 43.4 Å². The van der Waals surface area contributed by atoms with Gasteiger partial charge in [-0.05, 0) is 29.8 Å². The standard InChI is InChI=1S/C29H30ClN7O5/c1-32-25-24(27(40)33(2)29(32)41)36(17-18-8-10-19(30)11-9-18)28(31-25)35-14-12-34(13-15-35)21-16-23(38)37(26(21)39)20-6-4-5-7-22(20)42-3/h4-11,21H,12-17H2,1-3H3. The van der Waals surface area contributed by atoms with Gasteiger partial charge in [0.2, 0.25) is 11.9 Å². The van der Waals surface area contributed by atoms with Gasteiger partial charge in [-0.15, -0.1) is 0 Å². The number of para-hydroxylation sites is 2. The zero-order chi connectivity index (χ0) is 29.7. The number of aromatic nitrogens is 4. The van der Waals surface area contributed by atoms with Gasteiger partial charge in [-0.1, -0.05) is 35.9 Å². The zero-order valence-corrected chi connectivity index (χ0v) is 24.2. The molecule has 2 aliphatic rings. The molecule has 0 radical (unpaired) electrons. The molecule has 4 aromatic rings. The van der Waals surface area contributed by atoms with Gasteiger partial charge in [-0.3, -0.25) is 33.0 Å². The zero-order valence-electron chi connectivity index (χ0n) is 23.5. The van der Waals surface area contributed by atoms with Crippen molar-refractivity contribution in [2.45, 2.75) is 19.0 Å². The molecule has 4 heterocycles. The van der Waals surface area contributed by atoms with Crippen molar-refractivity contribution in [3.63, 3.8) is 0 Å². The number of piperazine rings is 1. The summed E-state index contributed by atoms with van der Waals surface area (Å²) in [4.78, 5) is 62.5.